The van der Waals surface area contributed by atoms with Crippen molar-refractivity contribution >= 4 is 5.97 Å². The number of carbonyl (C=O) groups is 1. The van der Waals surface area contributed by atoms with Gasteiger partial charge in [0.2, 0.25) is 0 Å². The first-order valence-corrected chi connectivity index (χ1v) is 4.54. The Balaban J connectivity index is 3.11. The zero-order valence-corrected chi connectivity index (χ0v) is 8.63. The lowest BCUT2D eigenvalue weighted by molar-refractivity contribution is 0.0525. The first-order chi connectivity index (χ1) is 6.57. The highest BCUT2D eigenvalue weighted by Crippen LogP contribution is 2.23. The molecule has 0 fully saturated rings. The first-order valence-electron chi connectivity index (χ1n) is 4.54. The van der Waals surface area contributed by atoms with Crippen LogP contribution in [0.1, 0.15) is 28.4 Å². The number of carbonyl (C=O) groups excluding carboxylic acids is 1. The summed E-state index contributed by atoms with van der Waals surface area (Å²) in [7, 11) is 0. The molecule has 1 N–H and O–H groups in total. The summed E-state index contributed by atoms with van der Waals surface area (Å²) < 4.78 is 4.88. The summed E-state index contributed by atoms with van der Waals surface area (Å²) in [5.74, 6) is -0.136. The van der Waals surface area contributed by atoms with E-state index in [1.807, 2.05) is 0 Å². The van der Waals surface area contributed by atoms with Gasteiger partial charge in [0.25, 0.3) is 0 Å². The van der Waals surface area contributed by atoms with Gasteiger partial charge in [0, 0.05) is 0 Å². The summed E-state index contributed by atoms with van der Waals surface area (Å²) >= 11 is 0. The molecule has 3 nitrogen and oxygen atoms in total. The summed E-state index contributed by atoms with van der Waals surface area (Å²) in [6, 6.07) is 3.09. The summed E-state index contributed by atoms with van der Waals surface area (Å²) in [5.41, 5.74) is 2.00. The van der Waals surface area contributed by atoms with E-state index in [1.54, 1.807) is 26.8 Å². The molecule has 0 bridgehead atoms. The lowest BCUT2D eigenvalue weighted by Crippen LogP contribution is -2.07. The van der Waals surface area contributed by atoms with Gasteiger partial charge >= 0.3 is 5.97 Å². The van der Waals surface area contributed by atoms with Gasteiger partial charge in [-0.05, 0) is 44.0 Å². The molecule has 0 saturated carbocycles. The minimum absolute atomic E-state index is 0.204. The maximum Gasteiger partial charge on any atom is 0.338 e. The average molecular weight is 194 g/mol. The number of esters is 1. The molecule has 0 aliphatic carbocycles. The van der Waals surface area contributed by atoms with Crippen LogP contribution in [0.4, 0.5) is 0 Å². The predicted molar refractivity (Wildman–Crippen MR) is 53.5 cm³/mol. The van der Waals surface area contributed by atoms with Crippen LogP contribution in [0.25, 0.3) is 0 Å². The molecule has 0 amide bonds. The third kappa shape index (κ3) is 1.87. The van der Waals surface area contributed by atoms with E-state index in [9.17, 15) is 9.90 Å². The Bertz CT molecular complexity index is 356. The number of ether oxygens (including phenoxy) is 1. The zero-order chi connectivity index (χ0) is 10.7. The number of aromatic hydroxyl groups is 1. The third-order valence-electron chi connectivity index (χ3n) is 2.25. The van der Waals surface area contributed by atoms with Crippen LogP contribution in [-0.2, 0) is 4.74 Å². The van der Waals surface area contributed by atoms with Gasteiger partial charge in [0.05, 0.1) is 12.2 Å². The highest BCUT2D eigenvalue weighted by atomic mass is 16.5. The molecule has 76 valence electrons. The van der Waals surface area contributed by atoms with Crippen molar-refractivity contribution in [3.8, 4) is 5.75 Å². The number of phenolic OH excluding ortho intramolecular Hbond substituents is 1. The molecule has 0 unspecified atom stereocenters. The van der Waals surface area contributed by atoms with Crippen LogP contribution in [0.15, 0.2) is 12.1 Å². The molecule has 0 aliphatic rings. The largest absolute Gasteiger partial charge is 0.508 e. The lowest BCUT2D eigenvalue weighted by Gasteiger charge is -2.08. The SMILES string of the molecule is CCOC(=O)c1ccc(O)c(C)c1C. The fourth-order valence-corrected chi connectivity index (χ4v) is 1.24. The fraction of sp³-hybridized carbons (Fsp3) is 0.364. The van der Waals surface area contributed by atoms with Crippen molar-refractivity contribution in [1.82, 2.24) is 0 Å². The van der Waals surface area contributed by atoms with E-state index in [0.717, 1.165) is 11.1 Å². The Kier molecular flexibility index (Phi) is 3.12. The molecule has 0 aliphatic heterocycles. The van der Waals surface area contributed by atoms with Gasteiger partial charge in [-0.25, -0.2) is 4.79 Å². The number of hydrogen-bond donors (Lipinski definition) is 1. The Hall–Kier alpha value is -1.51. The van der Waals surface area contributed by atoms with E-state index >= 15 is 0 Å². The van der Waals surface area contributed by atoms with Gasteiger partial charge in [-0.1, -0.05) is 0 Å². The van der Waals surface area contributed by atoms with Crippen LogP contribution in [0.5, 0.6) is 5.75 Å². The maximum atomic E-state index is 11.4. The van der Waals surface area contributed by atoms with E-state index < -0.39 is 0 Å². The smallest absolute Gasteiger partial charge is 0.338 e. The Morgan fingerprint density at radius 1 is 1.36 bits per heavy atom. The minimum Gasteiger partial charge on any atom is -0.508 e. The van der Waals surface area contributed by atoms with Crippen molar-refractivity contribution in [3.05, 3.63) is 28.8 Å². The van der Waals surface area contributed by atoms with Crippen molar-refractivity contribution in [2.24, 2.45) is 0 Å². The molecular formula is C11H14O3. The zero-order valence-electron chi connectivity index (χ0n) is 8.63. The minimum atomic E-state index is -0.340. The van der Waals surface area contributed by atoms with Gasteiger partial charge in [-0.2, -0.15) is 0 Å². The quantitative estimate of drug-likeness (QED) is 0.734. The maximum absolute atomic E-state index is 11.4. The van der Waals surface area contributed by atoms with Crippen molar-refractivity contribution in [1.29, 1.82) is 0 Å². The molecule has 0 radical (unpaired) electrons. The van der Waals surface area contributed by atoms with Crippen molar-refractivity contribution in [3.63, 3.8) is 0 Å². The van der Waals surface area contributed by atoms with Crippen LogP contribution < -0.4 is 0 Å². The third-order valence-corrected chi connectivity index (χ3v) is 2.25. The molecule has 0 atom stereocenters. The second-order valence-electron chi connectivity index (χ2n) is 3.10. The van der Waals surface area contributed by atoms with Gasteiger partial charge in [-0.15, -0.1) is 0 Å². The molecule has 1 aromatic carbocycles. The van der Waals surface area contributed by atoms with E-state index in [-0.39, 0.29) is 11.7 Å². The first kappa shape index (κ1) is 10.6. The molecule has 1 rings (SSSR count). The van der Waals surface area contributed by atoms with Crippen molar-refractivity contribution in [2.45, 2.75) is 20.8 Å². The standard InChI is InChI=1S/C11H14O3/c1-4-14-11(13)9-5-6-10(12)8(3)7(9)2/h5-6,12H,4H2,1-3H3. The topological polar surface area (TPSA) is 46.5 Å². The Labute approximate surface area is 83.3 Å². The van der Waals surface area contributed by atoms with Crippen molar-refractivity contribution in [2.75, 3.05) is 6.61 Å². The Morgan fingerprint density at radius 3 is 2.57 bits per heavy atom. The second-order valence-corrected chi connectivity index (χ2v) is 3.10. The molecule has 0 spiro atoms. The van der Waals surface area contributed by atoms with E-state index in [2.05, 4.69) is 0 Å². The van der Waals surface area contributed by atoms with Crippen LogP contribution in [0, 0.1) is 13.8 Å². The molecule has 3 heteroatoms. The van der Waals surface area contributed by atoms with Gasteiger partial charge in [0.15, 0.2) is 0 Å². The van der Waals surface area contributed by atoms with Gasteiger partial charge in [-0.3, -0.25) is 0 Å². The van der Waals surface area contributed by atoms with Gasteiger partial charge < -0.3 is 9.84 Å². The second kappa shape index (κ2) is 4.13. The highest BCUT2D eigenvalue weighted by molar-refractivity contribution is 5.91. The average Bonchev–Trinajstić information content (AvgIpc) is 2.15. The summed E-state index contributed by atoms with van der Waals surface area (Å²) in [5, 5.41) is 9.38. The molecular weight excluding hydrogens is 180 g/mol. The lowest BCUT2D eigenvalue weighted by atomic mass is 10.0. The van der Waals surface area contributed by atoms with E-state index in [4.69, 9.17) is 4.74 Å². The summed E-state index contributed by atoms with van der Waals surface area (Å²) in [6.45, 7) is 5.69. The number of phenols is 1. The van der Waals surface area contributed by atoms with Crippen LogP contribution in [0.3, 0.4) is 0 Å². The highest BCUT2D eigenvalue weighted by Gasteiger charge is 2.12. The van der Waals surface area contributed by atoms with Crippen LogP contribution in [0.2, 0.25) is 0 Å². The van der Waals surface area contributed by atoms with Gasteiger partial charge in [0.1, 0.15) is 5.75 Å². The molecule has 14 heavy (non-hydrogen) atoms. The number of rotatable bonds is 2. The normalized spacial score (nSPS) is 9.93. The van der Waals surface area contributed by atoms with Crippen LogP contribution in [-0.4, -0.2) is 17.7 Å². The number of hydrogen-bond acceptors (Lipinski definition) is 3. The fourth-order valence-electron chi connectivity index (χ4n) is 1.24. The molecule has 0 heterocycles. The van der Waals surface area contributed by atoms with Crippen molar-refractivity contribution < 1.29 is 14.6 Å². The van der Waals surface area contributed by atoms with E-state index in [0.29, 0.717) is 12.2 Å². The van der Waals surface area contributed by atoms with E-state index in [1.165, 1.54) is 6.07 Å². The number of benzene rings is 1. The molecule has 0 aromatic heterocycles. The summed E-state index contributed by atoms with van der Waals surface area (Å²) in [4.78, 5) is 11.4. The Morgan fingerprint density at radius 2 is 2.00 bits per heavy atom. The molecule has 1 aromatic rings. The van der Waals surface area contributed by atoms with Crippen LogP contribution >= 0.6 is 0 Å². The molecule has 0 saturated heterocycles. The predicted octanol–water partition coefficient (Wildman–Crippen LogP) is 2.19. The monoisotopic (exact) mass is 194 g/mol. The summed E-state index contributed by atoms with van der Waals surface area (Å²) in [6.07, 6.45) is 0.